The van der Waals surface area contributed by atoms with E-state index in [1.54, 1.807) is 0 Å². The molecule has 1 heterocycles. The summed E-state index contributed by atoms with van der Waals surface area (Å²) in [6.45, 7) is 6.02. The maximum atomic E-state index is 12.6. The van der Waals surface area contributed by atoms with Gasteiger partial charge in [-0.3, -0.25) is 4.79 Å². The number of fused-ring (bicyclic) bond motifs is 2. The number of hydrogen-bond donors (Lipinski definition) is 1. The Labute approximate surface area is 114 Å². The third-order valence-corrected chi connectivity index (χ3v) is 4.56. The van der Waals surface area contributed by atoms with E-state index in [1.807, 2.05) is 17.0 Å². The summed E-state index contributed by atoms with van der Waals surface area (Å²) in [5, 5.41) is 0. The molecule has 3 heteroatoms. The van der Waals surface area contributed by atoms with Gasteiger partial charge in [0.15, 0.2) is 0 Å². The van der Waals surface area contributed by atoms with E-state index >= 15 is 0 Å². The van der Waals surface area contributed by atoms with Crippen LogP contribution in [0.5, 0.6) is 0 Å². The van der Waals surface area contributed by atoms with Crippen LogP contribution in [0.15, 0.2) is 18.2 Å². The lowest BCUT2D eigenvalue weighted by atomic mass is 9.61. The maximum Gasteiger partial charge on any atom is 0.256 e. The van der Waals surface area contributed by atoms with Crippen molar-refractivity contribution < 1.29 is 4.79 Å². The van der Waals surface area contributed by atoms with Crippen molar-refractivity contribution in [2.45, 2.75) is 38.5 Å². The zero-order valence-corrected chi connectivity index (χ0v) is 11.8. The standard InChI is InChI=1S/C16H22N2O/c1-11(2)9-18-10-16(7-4-8-16)12-5-3-6-13(17)14(12)15(18)19/h3,5-6,11H,4,7-10,17H2,1-2H3. The molecule has 1 spiro atoms. The smallest absolute Gasteiger partial charge is 0.256 e. The fourth-order valence-corrected chi connectivity index (χ4v) is 3.55. The van der Waals surface area contributed by atoms with Gasteiger partial charge in [0, 0.05) is 24.2 Å². The molecule has 0 saturated heterocycles. The molecule has 1 aromatic carbocycles. The van der Waals surface area contributed by atoms with E-state index in [4.69, 9.17) is 5.73 Å². The van der Waals surface area contributed by atoms with Crippen LogP contribution in [0.3, 0.4) is 0 Å². The molecule has 2 aliphatic rings. The van der Waals surface area contributed by atoms with Crippen molar-refractivity contribution in [1.29, 1.82) is 0 Å². The summed E-state index contributed by atoms with van der Waals surface area (Å²) in [6.07, 6.45) is 3.63. The van der Waals surface area contributed by atoms with Crippen molar-refractivity contribution in [3.63, 3.8) is 0 Å². The molecule has 1 saturated carbocycles. The highest BCUT2D eigenvalue weighted by molar-refractivity contribution is 6.02. The first-order valence-corrected chi connectivity index (χ1v) is 7.22. The molecule has 1 amide bonds. The highest BCUT2D eigenvalue weighted by Gasteiger charge is 2.47. The van der Waals surface area contributed by atoms with Crippen LogP contribution in [-0.4, -0.2) is 23.9 Å². The normalized spacial score (nSPS) is 20.6. The van der Waals surface area contributed by atoms with Gasteiger partial charge in [-0.2, -0.15) is 0 Å². The van der Waals surface area contributed by atoms with Crippen LogP contribution in [0, 0.1) is 5.92 Å². The molecule has 19 heavy (non-hydrogen) atoms. The van der Waals surface area contributed by atoms with Crippen LogP contribution in [0.4, 0.5) is 5.69 Å². The number of amides is 1. The lowest BCUT2D eigenvalue weighted by molar-refractivity contribution is 0.0563. The molecule has 0 radical (unpaired) electrons. The second-order valence-electron chi connectivity index (χ2n) is 6.48. The number of hydrogen-bond acceptors (Lipinski definition) is 2. The predicted octanol–water partition coefficient (Wildman–Crippen LogP) is 2.80. The third-order valence-electron chi connectivity index (χ3n) is 4.56. The molecular formula is C16H22N2O. The summed E-state index contributed by atoms with van der Waals surface area (Å²) in [7, 11) is 0. The summed E-state index contributed by atoms with van der Waals surface area (Å²) in [5.41, 5.74) is 8.88. The Hall–Kier alpha value is -1.51. The van der Waals surface area contributed by atoms with Crippen LogP contribution in [0.2, 0.25) is 0 Å². The Morgan fingerprint density at radius 1 is 1.37 bits per heavy atom. The molecule has 1 aliphatic carbocycles. The highest BCUT2D eigenvalue weighted by Crippen LogP contribution is 2.49. The van der Waals surface area contributed by atoms with Gasteiger partial charge in [-0.05, 0) is 30.4 Å². The van der Waals surface area contributed by atoms with E-state index in [1.165, 1.54) is 24.8 Å². The van der Waals surface area contributed by atoms with Gasteiger partial charge in [-0.25, -0.2) is 0 Å². The molecule has 2 N–H and O–H groups in total. The second-order valence-corrected chi connectivity index (χ2v) is 6.48. The van der Waals surface area contributed by atoms with Crippen LogP contribution in [0.25, 0.3) is 0 Å². The average molecular weight is 258 g/mol. The van der Waals surface area contributed by atoms with Gasteiger partial charge >= 0.3 is 0 Å². The van der Waals surface area contributed by atoms with Gasteiger partial charge in [0.1, 0.15) is 0 Å². The molecule has 1 fully saturated rings. The van der Waals surface area contributed by atoms with E-state index < -0.39 is 0 Å². The van der Waals surface area contributed by atoms with Crippen LogP contribution < -0.4 is 5.73 Å². The molecule has 0 aromatic heterocycles. The molecule has 1 aliphatic heterocycles. The molecule has 3 nitrogen and oxygen atoms in total. The molecular weight excluding hydrogens is 236 g/mol. The Morgan fingerprint density at radius 3 is 2.68 bits per heavy atom. The minimum atomic E-state index is 0.124. The van der Waals surface area contributed by atoms with E-state index in [0.717, 1.165) is 18.7 Å². The van der Waals surface area contributed by atoms with Crippen molar-refractivity contribution in [1.82, 2.24) is 4.90 Å². The third kappa shape index (κ3) is 1.83. The number of nitrogen functional groups attached to an aromatic ring is 1. The van der Waals surface area contributed by atoms with E-state index in [-0.39, 0.29) is 11.3 Å². The van der Waals surface area contributed by atoms with Crippen LogP contribution in [-0.2, 0) is 5.41 Å². The lowest BCUT2D eigenvalue weighted by Gasteiger charge is -2.50. The van der Waals surface area contributed by atoms with Crippen LogP contribution >= 0.6 is 0 Å². The second kappa shape index (κ2) is 4.26. The maximum absolute atomic E-state index is 12.6. The fraction of sp³-hybridized carbons (Fsp3) is 0.562. The largest absolute Gasteiger partial charge is 0.398 e. The van der Waals surface area contributed by atoms with Gasteiger partial charge in [0.25, 0.3) is 5.91 Å². The number of carbonyl (C=O) groups excluding carboxylic acids is 1. The fourth-order valence-electron chi connectivity index (χ4n) is 3.55. The van der Waals surface area contributed by atoms with Gasteiger partial charge in [-0.1, -0.05) is 32.4 Å². The average Bonchev–Trinajstić information content (AvgIpc) is 2.30. The van der Waals surface area contributed by atoms with E-state index in [9.17, 15) is 4.79 Å². The van der Waals surface area contributed by atoms with Gasteiger partial charge in [0.2, 0.25) is 0 Å². The van der Waals surface area contributed by atoms with Crippen molar-refractivity contribution in [2.24, 2.45) is 5.92 Å². The van der Waals surface area contributed by atoms with Crippen LogP contribution in [0.1, 0.15) is 49.0 Å². The summed E-state index contributed by atoms with van der Waals surface area (Å²) >= 11 is 0. The Kier molecular flexibility index (Phi) is 2.80. The van der Waals surface area contributed by atoms with E-state index in [0.29, 0.717) is 11.6 Å². The molecule has 0 bridgehead atoms. The number of nitrogens with zero attached hydrogens (tertiary/aromatic N) is 1. The minimum Gasteiger partial charge on any atom is -0.398 e. The zero-order valence-electron chi connectivity index (χ0n) is 11.8. The first-order chi connectivity index (χ1) is 9.03. The summed E-state index contributed by atoms with van der Waals surface area (Å²) in [4.78, 5) is 14.7. The van der Waals surface area contributed by atoms with Crippen molar-refractivity contribution in [3.05, 3.63) is 29.3 Å². The number of benzene rings is 1. The van der Waals surface area contributed by atoms with Crippen molar-refractivity contribution in [2.75, 3.05) is 18.8 Å². The Balaban J connectivity index is 2.07. The first-order valence-electron chi connectivity index (χ1n) is 7.22. The summed E-state index contributed by atoms with van der Waals surface area (Å²) in [6, 6.07) is 5.94. The zero-order chi connectivity index (χ0) is 13.6. The number of rotatable bonds is 2. The first kappa shape index (κ1) is 12.5. The summed E-state index contributed by atoms with van der Waals surface area (Å²) < 4.78 is 0. The van der Waals surface area contributed by atoms with Gasteiger partial charge in [-0.15, -0.1) is 0 Å². The topological polar surface area (TPSA) is 46.3 Å². The monoisotopic (exact) mass is 258 g/mol. The number of nitrogens with two attached hydrogens (primary N) is 1. The minimum absolute atomic E-state index is 0.124. The molecule has 3 rings (SSSR count). The van der Waals surface area contributed by atoms with Gasteiger partial charge in [0.05, 0.1) is 5.56 Å². The molecule has 1 aromatic rings. The van der Waals surface area contributed by atoms with Crippen molar-refractivity contribution >= 4 is 11.6 Å². The quantitative estimate of drug-likeness (QED) is 0.829. The Morgan fingerprint density at radius 2 is 2.11 bits per heavy atom. The SMILES string of the molecule is CC(C)CN1CC2(CCC2)c2cccc(N)c2C1=O. The molecule has 0 unspecified atom stereocenters. The molecule has 0 atom stereocenters. The molecule has 102 valence electrons. The number of anilines is 1. The van der Waals surface area contributed by atoms with Gasteiger partial charge < -0.3 is 10.6 Å². The predicted molar refractivity (Wildman–Crippen MR) is 77.1 cm³/mol. The summed E-state index contributed by atoms with van der Waals surface area (Å²) in [5.74, 6) is 0.617. The van der Waals surface area contributed by atoms with Crippen molar-refractivity contribution in [3.8, 4) is 0 Å². The number of carbonyl (C=O) groups is 1. The van der Waals surface area contributed by atoms with E-state index in [2.05, 4.69) is 19.9 Å². The highest BCUT2D eigenvalue weighted by atomic mass is 16.2. The lowest BCUT2D eigenvalue weighted by Crippen LogP contribution is -2.53. The Bertz CT molecular complexity index is 517.